The molecule has 2 unspecified atom stereocenters. The summed E-state index contributed by atoms with van der Waals surface area (Å²) in [6, 6.07) is 8.02. The molecule has 2 rings (SSSR count). The normalized spacial score (nSPS) is 24.3. The molecule has 18 heavy (non-hydrogen) atoms. The van der Waals surface area contributed by atoms with Gasteiger partial charge in [-0.2, -0.15) is 0 Å². The number of carboxylic acid groups (broad SMARTS) is 1. The van der Waals surface area contributed by atoms with E-state index < -0.39 is 11.5 Å². The molecule has 1 aromatic carbocycles. The van der Waals surface area contributed by atoms with E-state index in [1.165, 1.54) is 0 Å². The average Bonchev–Trinajstić information content (AvgIpc) is 2.38. The number of nitrogens with one attached hydrogen (secondary N) is 1. The van der Waals surface area contributed by atoms with Crippen molar-refractivity contribution in [1.29, 1.82) is 0 Å². The lowest BCUT2D eigenvalue weighted by molar-refractivity contribution is -0.146. The first kappa shape index (κ1) is 13.4. The highest BCUT2D eigenvalue weighted by molar-refractivity contribution is 7.99. The fourth-order valence-corrected chi connectivity index (χ4v) is 3.55. The minimum absolute atomic E-state index is 0.192. The Bertz CT molecular complexity index is 449. The maximum absolute atomic E-state index is 11.8. The summed E-state index contributed by atoms with van der Waals surface area (Å²) in [6.45, 7) is 4.10. The standard InChI is InChI=1S/C14H19NO2S/c1-3-10(2)15-14(13(16)17)8-9-18-12-7-5-4-6-11(12)14/h4-7,10,15H,3,8-9H2,1-2H3,(H,16,17). The van der Waals surface area contributed by atoms with Crippen molar-refractivity contribution in [3.05, 3.63) is 29.8 Å². The first-order valence-corrected chi connectivity index (χ1v) is 7.32. The van der Waals surface area contributed by atoms with Crippen molar-refractivity contribution in [3.63, 3.8) is 0 Å². The number of aliphatic carboxylic acids is 1. The predicted octanol–water partition coefficient (Wildman–Crippen LogP) is 2.85. The van der Waals surface area contributed by atoms with E-state index in [0.717, 1.165) is 22.6 Å². The predicted molar refractivity (Wildman–Crippen MR) is 74.0 cm³/mol. The van der Waals surface area contributed by atoms with Crippen LogP contribution >= 0.6 is 11.8 Å². The summed E-state index contributed by atoms with van der Waals surface area (Å²) >= 11 is 1.74. The van der Waals surface area contributed by atoms with E-state index in [4.69, 9.17) is 0 Å². The second-order valence-corrected chi connectivity index (χ2v) is 5.90. The summed E-state index contributed by atoms with van der Waals surface area (Å²) < 4.78 is 0. The Labute approximate surface area is 112 Å². The zero-order valence-corrected chi connectivity index (χ0v) is 11.6. The Kier molecular flexibility index (Phi) is 3.97. The number of hydrogen-bond acceptors (Lipinski definition) is 3. The van der Waals surface area contributed by atoms with Gasteiger partial charge >= 0.3 is 5.97 Å². The fourth-order valence-electron chi connectivity index (χ4n) is 2.35. The Morgan fingerprint density at radius 1 is 1.56 bits per heavy atom. The van der Waals surface area contributed by atoms with Crippen LogP contribution < -0.4 is 5.32 Å². The maximum Gasteiger partial charge on any atom is 0.328 e. The first-order valence-electron chi connectivity index (χ1n) is 6.33. The molecule has 1 heterocycles. The number of carbonyl (C=O) groups is 1. The molecule has 0 bridgehead atoms. The summed E-state index contributed by atoms with van der Waals surface area (Å²) in [7, 11) is 0. The SMILES string of the molecule is CCC(C)NC1(C(=O)O)CCSc2ccccc21. The number of hydrogen-bond donors (Lipinski definition) is 2. The highest BCUT2D eigenvalue weighted by Crippen LogP contribution is 2.40. The molecule has 2 atom stereocenters. The Morgan fingerprint density at radius 2 is 2.28 bits per heavy atom. The minimum atomic E-state index is -0.919. The van der Waals surface area contributed by atoms with Gasteiger partial charge in [0.1, 0.15) is 5.54 Å². The van der Waals surface area contributed by atoms with Crippen molar-refractivity contribution >= 4 is 17.7 Å². The summed E-state index contributed by atoms with van der Waals surface area (Å²) in [6.07, 6.45) is 1.55. The molecule has 0 spiro atoms. The molecule has 0 saturated carbocycles. The van der Waals surface area contributed by atoms with Gasteiger partial charge < -0.3 is 5.11 Å². The third kappa shape index (κ3) is 2.27. The van der Waals surface area contributed by atoms with E-state index in [1.807, 2.05) is 31.2 Å². The second kappa shape index (κ2) is 5.33. The second-order valence-electron chi connectivity index (χ2n) is 4.76. The molecular weight excluding hydrogens is 246 g/mol. The first-order chi connectivity index (χ1) is 8.60. The topological polar surface area (TPSA) is 49.3 Å². The highest BCUT2D eigenvalue weighted by Gasteiger charge is 2.44. The smallest absolute Gasteiger partial charge is 0.328 e. The number of thioether (sulfide) groups is 1. The van der Waals surface area contributed by atoms with Crippen molar-refractivity contribution in [1.82, 2.24) is 5.32 Å². The molecule has 0 radical (unpaired) electrons. The van der Waals surface area contributed by atoms with Crippen LogP contribution in [-0.2, 0) is 10.3 Å². The van der Waals surface area contributed by atoms with Crippen molar-refractivity contribution in [2.45, 2.75) is 43.2 Å². The fraction of sp³-hybridized carbons (Fsp3) is 0.500. The lowest BCUT2D eigenvalue weighted by Gasteiger charge is -2.38. The van der Waals surface area contributed by atoms with Crippen molar-refractivity contribution in [2.75, 3.05) is 5.75 Å². The average molecular weight is 265 g/mol. The van der Waals surface area contributed by atoms with Crippen LogP contribution in [0, 0.1) is 0 Å². The van der Waals surface area contributed by atoms with Crippen molar-refractivity contribution in [3.8, 4) is 0 Å². The lowest BCUT2D eigenvalue weighted by atomic mass is 9.85. The molecule has 0 saturated heterocycles. The van der Waals surface area contributed by atoms with Crippen LogP contribution in [0.1, 0.15) is 32.3 Å². The summed E-state index contributed by atoms with van der Waals surface area (Å²) in [4.78, 5) is 12.9. The molecule has 0 aromatic heterocycles. The number of carboxylic acids is 1. The lowest BCUT2D eigenvalue weighted by Crippen LogP contribution is -2.54. The molecular formula is C14H19NO2S. The molecule has 0 amide bonds. The van der Waals surface area contributed by atoms with E-state index in [1.54, 1.807) is 11.8 Å². The van der Waals surface area contributed by atoms with Crippen LogP contribution in [0.2, 0.25) is 0 Å². The van der Waals surface area contributed by atoms with Crippen molar-refractivity contribution < 1.29 is 9.90 Å². The minimum Gasteiger partial charge on any atom is -0.480 e. The Balaban J connectivity index is 2.46. The Hall–Kier alpha value is -1.00. The number of fused-ring (bicyclic) bond motifs is 1. The molecule has 98 valence electrons. The molecule has 0 fully saturated rings. The third-order valence-corrected chi connectivity index (χ3v) is 4.63. The van der Waals surface area contributed by atoms with Gasteiger partial charge in [-0.05, 0) is 31.4 Å². The van der Waals surface area contributed by atoms with Crippen LogP contribution in [0.15, 0.2) is 29.2 Å². The molecule has 2 N–H and O–H groups in total. The largest absolute Gasteiger partial charge is 0.480 e. The molecule has 4 heteroatoms. The molecule has 1 aromatic rings. The number of benzene rings is 1. The van der Waals surface area contributed by atoms with Gasteiger partial charge in [-0.25, -0.2) is 4.79 Å². The van der Waals surface area contributed by atoms with Gasteiger partial charge in [0, 0.05) is 16.7 Å². The summed E-state index contributed by atoms with van der Waals surface area (Å²) in [5, 5.41) is 13.0. The Morgan fingerprint density at radius 3 is 2.94 bits per heavy atom. The van der Waals surface area contributed by atoms with E-state index in [2.05, 4.69) is 12.2 Å². The van der Waals surface area contributed by atoms with E-state index >= 15 is 0 Å². The van der Waals surface area contributed by atoms with E-state index in [9.17, 15) is 9.90 Å². The molecule has 1 aliphatic heterocycles. The van der Waals surface area contributed by atoms with Crippen LogP contribution in [-0.4, -0.2) is 22.9 Å². The molecule has 1 aliphatic rings. The van der Waals surface area contributed by atoms with Gasteiger partial charge in [-0.3, -0.25) is 5.32 Å². The quantitative estimate of drug-likeness (QED) is 0.879. The molecule has 0 aliphatic carbocycles. The monoisotopic (exact) mass is 265 g/mol. The van der Waals surface area contributed by atoms with Crippen molar-refractivity contribution in [2.24, 2.45) is 0 Å². The van der Waals surface area contributed by atoms with Gasteiger partial charge in [-0.1, -0.05) is 25.1 Å². The zero-order chi connectivity index (χ0) is 13.2. The van der Waals surface area contributed by atoms with Crippen LogP contribution in [0.3, 0.4) is 0 Å². The maximum atomic E-state index is 11.8. The van der Waals surface area contributed by atoms with Gasteiger partial charge in [-0.15, -0.1) is 11.8 Å². The van der Waals surface area contributed by atoms with E-state index in [-0.39, 0.29) is 6.04 Å². The van der Waals surface area contributed by atoms with Crippen LogP contribution in [0.5, 0.6) is 0 Å². The van der Waals surface area contributed by atoms with E-state index in [0.29, 0.717) is 6.42 Å². The number of rotatable bonds is 4. The van der Waals surface area contributed by atoms with Gasteiger partial charge in [0.15, 0.2) is 0 Å². The van der Waals surface area contributed by atoms with Gasteiger partial charge in [0.2, 0.25) is 0 Å². The third-order valence-electron chi connectivity index (χ3n) is 3.55. The molecule has 3 nitrogen and oxygen atoms in total. The zero-order valence-electron chi connectivity index (χ0n) is 10.8. The summed E-state index contributed by atoms with van der Waals surface area (Å²) in [5.74, 6) is 0.0720. The summed E-state index contributed by atoms with van der Waals surface area (Å²) in [5.41, 5.74) is -0.00822. The van der Waals surface area contributed by atoms with Gasteiger partial charge in [0.05, 0.1) is 0 Å². The highest BCUT2D eigenvalue weighted by atomic mass is 32.2. The van der Waals surface area contributed by atoms with Crippen LogP contribution in [0.4, 0.5) is 0 Å². The van der Waals surface area contributed by atoms with Gasteiger partial charge in [0.25, 0.3) is 0 Å². The van der Waals surface area contributed by atoms with Crippen LogP contribution in [0.25, 0.3) is 0 Å².